The number of hydrogen-bond acceptors (Lipinski definition) is 12. The van der Waals surface area contributed by atoms with Gasteiger partial charge in [-0.3, -0.25) is 9.59 Å². The van der Waals surface area contributed by atoms with Crippen LogP contribution in [0.1, 0.15) is 121 Å². The molecule has 4 amide bonds. The van der Waals surface area contributed by atoms with E-state index in [9.17, 15) is 19.2 Å². The van der Waals surface area contributed by atoms with Gasteiger partial charge in [0, 0.05) is 57.4 Å². The van der Waals surface area contributed by atoms with Crippen molar-refractivity contribution in [1.29, 1.82) is 0 Å². The number of alkyl carbamates (subject to hydrolysis) is 2. The van der Waals surface area contributed by atoms with E-state index in [-0.39, 0.29) is 42.2 Å². The number of carbonyl (C=O) groups is 4. The highest BCUT2D eigenvalue weighted by molar-refractivity contribution is 5.87. The average molecular weight is 965 g/mol. The Hall–Kier alpha value is -5.98. The molecule has 4 aromatic rings. The van der Waals surface area contributed by atoms with Gasteiger partial charge in [-0.2, -0.15) is 0 Å². The van der Waals surface area contributed by atoms with Gasteiger partial charge in [-0.15, -0.1) is 0 Å². The van der Waals surface area contributed by atoms with Crippen LogP contribution in [0.15, 0.2) is 54.9 Å². The second kappa shape index (κ2) is 23.3. The van der Waals surface area contributed by atoms with Crippen molar-refractivity contribution in [3.63, 3.8) is 0 Å². The summed E-state index contributed by atoms with van der Waals surface area (Å²) >= 11 is 0. The Morgan fingerprint density at radius 2 is 1.19 bits per heavy atom. The van der Waals surface area contributed by atoms with Crippen LogP contribution in [0.25, 0.3) is 33.6 Å². The van der Waals surface area contributed by atoms with Gasteiger partial charge in [0.25, 0.3) is 0 Å². The van der Waals surface area contributed by atoms with Gasteiger partial charge in [0.1, 0.15) is 41.7 Å². The van der Waals surface area contributed by atoms with E-state index >= 15 is 0 Å². The number of nitrogens with one attached hydrogen (secondary N) is 4. The number of rotatable bonds is 9. The lowest BCUT2D eigenvalue weighted by Crippen LogP contribution is -2.48. The number of benzene rings is 2. The van der Waals surface area contributed by atoms with Gasteiger partial charge in [-0.25, -0.2) is 19.6 Å². The number of amides is 4. The topological polar surface area (TPSA) is 212 Å². The first-order valence-corrected chi connectivity index (χ1v) is 25.5. The molecule has 0 radical (unpaired) electrons. The van der Waals surface area contributed by atoms with E-state index in [1.165, 1.54) is 0 Å². The number of nitrogens with zero attached hydrogens (tertiary/aromatic N) is 4. The molecule has 5 aliphatic rings. The van der Waals surface area contributed by atoms with Crippen molar-refractivity contribution in [2.75, 3.05) is 52.7 Å². The molecule has 5 aliphatic heterocycles. The molecule has 0 saturated carbocycles. The van der Waals surface area contributed by atoms with Crippen molar-refractivity contribution in [3.05, 3.63) is 66.5 Å². The van der Waals surface area contributed by atoms with Crippen LogP contribution >= 0.6 is 0 Å². The van der Waals surface area contributed by atoms with Crippen molar-refractivity contribution in [2.45, 2.75) is 140 Å². The number of aromatic nitrogens is 4. The lowest BCUT2D eigenvalue weighted by molar-refractivity contribution is -0.135. The largest absolute Gasteiger partial charge is 0.493 e. The summed E-state index contributed by atoms with van der Waals surface area (Å²) in [6, 6.07) is 12.3. The minimum absolute atomic E-state index is 0.171. The fourth-order valence-electron chi connectivity index (χ4n) is 10.2. The fraction of sp³-hybridized carbons (Fsp3) is 0.577. The Bertz CT molecular complexity index is 2390. The van der Waals surface area contributed by atoms with Gasteiger partial charge in [0.2, 0.25) is 11.8 Å². The lowest BCUT2D eigenvalue weighted by atomic mass is 10.00. The monoisotopic (exact) mass is 965 g/mol. The summed E-state index contributed by atoms with van der Waals surface area (Å²) in [6.07, 6.45) is 12.8. The zero-order chi connectivity index (χ0) is 48.4. The number of hydrogen-bond donors (Lipinski definition) is 4. The van der Waals surface area contributed by atoms with E-state index < -0.39 is 24.3 Å². The van der Waals surface area contributed by atoms with Gasteiger partial charge in [0.15, 0.2) is 0 Å². The molecule has 4 fully saturated rings. The van der Waals surface area contributed by atoms with E-state index in [1.54, 1.807) is 36.0 Å². The first-order chi connectivity index (χ1) is 34.2. The van der Waals surface area contributed by atoms with Gasteiger partial charge in [0.05, 0.1) is 75.0 Å². The molecule has 18 heteroatoms. The smallest absolute Gasteiger partial charge is 0.408 e. The number of H-pyrrole nitrogens is 2. The predicted molar refractivity (Wildman–Crippen MR) is 259 cm³/mol. The van der Waals surface area contributed by atoms with Crippen LogP contribution in [0.2, 0.25) is 0 Å². The summed E-state index contributed by atoms with van der Waals surface area (Å²) in [4.78, 5) is 73.3. The van der Waals surface area contributed by atoms with Gasteiger partial charge < -0.3 is 58.8 Å². The SMILES string of the molecule is C[C@H](NC(=O)OC1CCOCC1)C(=O)N1CCC[C@H]1c1ncc(-c2ccc(-c3ccc4c(c3)OCCCCCCCCO[C@H]3C[C@@H](c5ncc-4[nH]5)N(C(=O)[C@H](C)NC(=O)OC4CCOCC4)C3)cc2)[nH]1. The summed E-state index contributed by atoms with van der Waals surface area (Å²) in [7, 11) is 0. The Labute approximate surface area is 409 Å². The number of imidazole rings is 2. The highest BCUT2D eigenvalue weighted by atomic mass is 16.6. The third kappa shape index (κ3) is 12.1. The summed E-state index contributed by atoms with van der Waals surface area (Å²) in [6.45, 7) is 7.74. The first-order valence-electron chi connectivity index (χ1n) is 25.5. The van der Waals surface area contributed by atoms with E-state index in [2.05, 4.69) is 63.1 Å². The third-order valence-corrected chi connectivity index (χ3v) is 14.1. The molecule has 9 rings (SSSR count). The van der Waals surface area contributed by atoms with Crippen LogP contribution in [0.4, 0.5) is 9.59 Å². The van der Waals surface area contributed by atoms with Gasteiger partial charge >= 0.3 is 12.2 Å². The quantitative estimate of drug-likeness (QED) is 0.127. The minimum Gasteiger partial charge on any atom is -0.493 e. The molecular formula is C52H68N8O10. The van der Waals surface area contributed by atoms with Crippen LogP contribution in [-0.2, 0) is 33.3 Å². The van der Waals surface area contributed by atoms with Crippen molar-refractivity contribution in [1.82, 2.24) is 40.4 Å². The summed E-state index contributed by atoms with van der Waals surface area (Å²) in [5.41, 5.74) is 5.42. The van der Waals surface area contributed by atoms with E-state index in [0.29, 0.717) is 96.5 Å². The van der Waals surface area contributed by atoms with Crippen molar-refractivity contribution in [2.24, 2.45) is 0 Å². The molecule has 18 nitrogen and oxygen atoms in total. The van der Waals surface area contributed by atoms with Crippen LogP contribution in [-0.4, -0.2) is 137 Å². The van der Waals surface area contributed by atoms with Crippen LogP contribution in [0.3, 0.4) is 0 Å². The van der Waals surface area contributed by atoms with Crippen LogP contribution < -0.4 is 15.4 Å². The molecular weight excluding hydrogens is 897 g/mol. The molecule has 7 heterocycles. The molecule has 5 atom stereocenters. The Kier molecular flexibility index (Phi) is 16.3. The standard InChI is InChI=1S/C52H68N8O10/c1-33(55-51(63)69-38-17-24-65-25-18-38)49(61)59-21-9-10-44(59)47-53-30-42(57-47)36-13-11-35(12-14-36)37-15-16-41-43-31-54-48(58-43)45-29-40(67-22-7-5-3-4-6-8-23-68-46(41)28-37)32-60(45)50(62)34(2)56-52(64)70-39-19-26-66-27-20-39/h11-16,28,30-31,33-34,38-40,44-45H,3-10,17-27,29,32H2,1-2H3,(H,53,57)(H,54,58)(H,55,63)(H,56,64)/t33-,34-,40-,44-,45-/m0/s1. The van der Waals surface area contributed by atoms with Crippen molar-refractivity contribution < 1.29 is 47.6 Å². The molecule has 4 saturated heterocycles. The summed E-state index contributed by atoms with van der Waals surface area (Å²) in [5.74, 6) is 1.68. The molecule has 0 unspecified atom stereocenters. The number of aromatic amines is 2. The Morgan fingerprint density at radius 1 is 0.629 bits per heavy atom. The number of fused-ring (bicyclic) bond motifs is 7. The lowest BCUT2D eigenvalue weighted by Gasteiger charge is -2.27. The molecule has 2 aromatic carbocycles. The van der Waals surface area contributed by atoms with Crippen LogP contribution in [0, 0.1) is 0 Å². The summed E-state index contributed by atoms with van der Waals surface area (Å²) in [5, 5.41) is 5.49. The maximum Gasteiger partial charge on any atom is 0.408 e. The average Bonchev–Trinajstić information content (AvgIpc) is 4.22. The van der Waals surface area contributed by atoms with Crippen molar-refractivity contribution in [3.8, 4) is 39.4 Å². The second-order valence-corrected chi connectivity index (χ2v) is 19.2. The van der Waals surface area contributed by atoms with E-state index in [4.69, 9.17) is 38.4 Å². The first kappa shape index (κ1) is 49.0. The molecule has 376 valence electrons. The Balaban J connectivity index is 0.880. The predicted octanol–water partition coefficient (Wildman–Crippen LogP) is 7.78. The number of carbonyl (C=O) groups excluding carboxylic acids is 4. The third-order valence-electron chi connectivity index (χ3n) is 14.1. The highest BCUT2D eigenvalue weighted by Crippen LogP contribution is 2.39. The van der Waals surface area contributed by atoms with E-state index in [0.717, 1.165) is 90.8 Å². The Morgan fingerprint density at radius 3 is 1.86 bits per heavy atom. The maximum atomic E-state index is 14.1. The van der Waals surface area contributed by atoms with Gasteiger partial charge in [-0.1, -0.05) is 56.0 Å². The minimum atomic E-state index is -0.816. The molecule has 4 N–H and O–H groups in total. The van der Waals surface area contributed by atoms with Gasteiger partial charge in [-0.05, 0) is 68.4 Å². The van der Waals surface area contributed by atoms with E-state index in [1.807, 2.05) is 0 Å². The second-order valence-electron chi connectivity index (χ2n) is 19.2. The zero-order valence-corrected chi connectivity index (χ0v) is 40.5. The molecule has 0 spiro atoms. The maximum absolute atomic E-state index is 14.1. The molecule has 0 aliphatic carbocycles. The van der Waals surface area contributed by atoms with Crippen LogP contribution in [0.5, 0.6) is 5.75 Å². The molecule has 70 heavy (non-hydrogen) atoms. The molecule has 2 aromatic heterocycles. The summed E-state index contributed by atoms with van der Waals surface area (Å²) < 4.78 is 34.8. The van der Waals surface area contributed by atoms with Crippen molar-refractivity contribution >= 4 is 24.0 Å². The number of likely N-dealkylation sites (tertiary alicyclic amines) is 2. The molecule has 4 bridgehead atoms. The number of ether oxygens (including phenoxy) is 6. The zero-order valence-electron chi connectivity index (χ0n) is 40.5. The fourth-order valence-corrected chi connectivity index (χ4v) is 10.2. The highest BCUT2D eigenvalue weighted by Gasteiger charge is 2.41. The normalized spacial score (nSPS) is 22.7.